The van der Waals surface area contributed by atoms with Crippen LogP contribution in [-0.4, -0.2) is 76.2 Å². The van der Waals surface area contributed by atoms with Crippen LogP contribution in [0.15, 0.2) is 36.9 Å². The molecule has 13 heteroatoms. The fourth-order valence-corrected chi connectivity index (χ4v) is 7.07. The molecule has 1 N–H and O–H groups in total. The second-order valence-corrected chi connectivity index (χ2v) is 14.5. The number of hydrogen-bond donors (Lipinski definition) is 1. The second-order valence-electron chi connectivity index (χ2n) is 11.5. The number of hydrogen-bond acceptors (Lipinski definition) is 10. The SMILES string of the molecule is CCOc1cncc(-c2cnc(C(=O)N(CC3CCN(C(C)(C)C)CC3)c3cc(NS(=O)(=O)C4CC4)ccn3)s2)n1. The van der Waals surface area contributed by atoms with E-state index in [9.17, 15) is 13.2 Å². The molecule has 0 radical (unpaired) electrons. The molecule has 1 aliphatic carbocycles. The molecule has 3 aromatic rings. The first-order valence-electron chi connectivity index (χ1n) is 14.0. The zero-order valence-corrected chi connectivity index (χ0v) is 25.5. The van der Waals surface area contributed by atoms with Gasteiger partial charge in [0.05, 0.1) is 34.8 Å². The number of aromatic nitrogens is 4. The van der Waals surface area contributed by atoms with E-state index >= 15 is 0 Å². The maximum Gasteiger partial charge on any atom is 0.288 e. The van der Waals surface area contributed by atoms with Gasteiger partial charge in [0.2, 0.25) is 15.9 Å². The Kier molecular flexibility index (Phi) is 8.57. The number of piperidine rings is 1. The first-order chi connectivity index (χ1) is 19.5. The molecule has 0 aromatic carbocycles. The quantitative estimate of drug-likeness (QED) is 0.359. The molecular formula is C28H37N7O4S2. The molecule has 0 bridgehead atoms. The van der Waals surface area contributed by atoms with Gasteiger partial charge in [0, 0.05) is 30.5 Å². The number of nitrogens with one attached hydrogen (secondary N) is 1. The van der Waals surface area contributed by atoms with Crippen LogP contribution in [0.4, 0.5) is 11.5 Å². The monoisotopic (exact) mass is 599 g/mol. The summed E-state index contributed by atoms with van der Waals surface area (Å²) >= 11 is 1.23. The minimum atomic E-state index is -3.46. The molecule has 41 heavy (non-hydrogen) atoms. The van der Waals surface area contributed by atoms with Gasteiger partial charge in [-0.25, -0.2) is 23.4 Å². The van der Waals surface area contributed by atoms with Gasteiger partial charge in [-0.3, -0.25) is 24.3 Å². The Hall–Kier alpha value is -3.16. The molecule has 0 atom stereocenters. The number of nitrogens with zero attached hydrogens (tertiary/aromatic N) is 6. The Morgan fingerprint density at radius 1 is 1.15 bits per heavy atom. The zero-order valence-electron chi connectivity index (χ0n) is 23.9. The Morgan fingerprint density at radius 2 is 1.90 bits per heavy atom. The molecule has 1 saturated carbocycles. The predicted molar refractivity (Wildman–Crippen MR) is 160 cm³/mol. The number of carbonyl (C=O) groups excluding carboxylic acids is 1. The summed E-state index contributed by atoms with van der Waals surface area (Å²) in [4.78, 5) is 36.4. The molecule has 220 valence electrons. The van der Waals surface area contributed by atoms with Gasteiger partial charge in [-0.05, 0) is 78.5 Å². The van der Waals surface area contributed by atoms with Gasteiger partial charge in [0.25, 0.3) is 5.91 Å². The second kappa shape index (κ2) is 12.0. The first kappa shape index (κ1) is 29.3. The van der Waals surface area contributed by atoms with Gasteiger partial charge in [-0.1, -0.05) is 0 Å². The highest BCUT2D eigenvalue weighted by Gasteiger charge is 2.36. The summed E-state index contributed by atoms with van der Waals surface area (Å²) < 4.78 is 33.3. The fraction of sp³-hybridized carbons (Fsp3) is 0.536. The number of pyridine rings is 1. The van der Waals surface area contributed by atoms with Crippen molar-refractivity contribution < 1.29 is 17.9 Å². The molecule has 0 spiro atoms. The number of thiazole rings is 1. The van der Waals surface area contributed by atoms with Gasteiger partial charge in [-0.2, -0.15) is 0 Å². The van der Waals surface area contributed by atoms with E-state index in [-0.39, 0.29) is 22.6 Å². The van der Waals surface area contributed by atoms with Gasteiger partial charge < -0.3 is 4.74 Å². The van der Waals surface area contributed by atoms with Crippen molar-refractivity contribution in [2.45, 2.75) is 64.2 Å². The predicted octanol–water partition coefficient (Wildman–Crippen LogP) is 4.46. The van der Waals surface area contributed by atoms with Crippen molar-refractivity contribution in [1.82, 2.24) is 24.8 Å². The molecular weight excluding hydrogens is 562 g/mol. The van der Waals surface area contributed by atoms with E-state index < -0.39 is 10.0 Å². The van der Waals surface area contributed by atoms with Gasteiger partial charge in [-0.15, -0.1) is 11.3 Å². The highest BCUT2D eigenvalue weighted by atomic mass is 32.2. The van der Waals surface area contributed by atoms with E-state index in [0.717, 1.165) is 25.9 Å². The third-order valence-corrected chi connectivity index (χ3v) is 10.2. The number of carbonyl (C=O) groups is 1. The summed E-state index contributed by atoms with van der Waals surface area (Å²) in [6, 6.07) is 3.24. The number of sulfonamides is 1. The largest absolute Gasteiger partial charge is 0.477 e. The van der Waals surface area contributed by atoms with Crippen LogP contribution in [0, 0.1) is 5.92 Å². The molecule has 2 fully saturated rings. The highest BCUT2D eigenvalue weighted by molar-refractivity contribution is 7.93. The van der Waals surface area contributed by atoms with Crippen molar-refractivity contribution in [3.05, 3.63) is 41.9 Å². The third kappa shape index (κ3) is 7.19. The first-order valence-corrected chi connectivity index (χ1v) is 16.4. The van der Waals surface area contributed by atoms with E-state index in [4.69, 9.17) is 4.74 Å². The Bertz CT molecular complexity index is 1480. The topological polar surface area (TPSA) is 131 Å². The lowest BCUT2D eigenvalue weighted by atomic mass is 9.92. The minimum absolute atomic E-state index is 0.0920. The number of ether oxygens (including phenoxy) is 1. The van der Waals surface area contributed by atoms with Crippen molar-refractivity contribution in [2.24, 2.45) is 5.92 Å². The van der Waals surface area contributed by atoms with Crippen LogP contribution in [-0.2, 0) is 10.0 Å². The Balaban J connectivity index is 1.40. The van der Waals surface area contributed by atoms with Gasteiger partial charge in [0.1, 0.15) is 11.5 Å². The van der Waals surface area contributed by atoms with E-state index in [1.54, 1.807) is 35.6 Å². The maximum atomic E-state index is 14.0. The molecule has 0 unspecified atom stereocenters. The molecule has 3 aromatic heterocycles. The normalized spacial score (nSPS) is 16.9. The minimum Gasteiger partial charge on any atom is -0.477 e. The van der Waals surface area contributed by atoms with E-state index in [1.807, 2.05) is 6.92 Å². The summed E-state index contributed by atoms with van der Waals surface area (Å²) in [5, 5.41) is -0.0653. The number of rotatable bonds is 10. The van der Waals surface area contributed by atoms with Crippen LogP contribution in [0.5, 0.6) is 5.88 Å². The lowest BCUT2D eigenvalue weighted by Crippen LogP contribution is -2.48. The molecule has 4 heterocycles. The lowest BCUT2D eigenvalue weighted by Gasteiger charge is -2.41. The summed E-state index contributed by atoms with van der Waals surface area (Å²) in [7, 11) is -3.46. The third-order valence-electron chi connectivity index (χ3n) is 7.34. The van der Waals surface area contributed by atoms with E-state index in [0.29, 0.717) is 59.0 Å². The number of likely N-dealkylation sites (tertiary alicyclic amines) is 1. The van der Waals surface area contributed by atoms with E-state index in [2.05, 4.69) is 50.3 Å². The Morgan fingerprint density at radius 3 is 2.59 bits per heavy atom. The van der Waals surface area contributed by atoms with Crippen LogP contribution < -0.4 is 14.4 Å². The van der Waals surface area contributed by atoms with Crippen LogP contribution in [0.2, 0.25) is 0 Å². The highest BCUT2D eigenvalue weighted by Crippen LogP contribution is 2.32. The van der Waals surface area contributed by atoms with Crippen molar-refractivity contribution >= 4 is 38.8 Å². The molecule has 2 aliphatic rings. The number of amides is 1. The summed E-state index contributed by atoms with van der Waals surface area (Å²) in [5.74, 6) is 0.769. The molecule has 1 aliphatic heterocycles. The van der Waals surface area contributed by atoms with Crippen LogP contribution in [0.3, 0.4) is 0 Å². The van der Waals surface area contributed by atoms with E-state index in [1.165, 1.54) is 17.5 Å². The standard InChI is InChI=1S/C28H37N7O4S2/c1-5-39-25-17-29-15-22(32-25)23-16-31-26(40-23)27(36)35(18-19-9-12-34(13-10-19)28(2,3)4)24-14-20(8-11-30-24)33-41(37,38)21-6-7-21/h8,11,14-17,19,21H,5-7,9-10,12-13,18H2,1-4H3,(H,30,33). The molecule has 5 rings (SSSR count). The van der Waals surface area contributed by atoms with Crippen LogP contribution in [0.1, 0.15) is 63.2 Å². The van der Waals surface area contributed by atoms with Crippen molar-refractivity contribution in [3.8, 4) is 16.5 Å². The summed E-state index contributed by atoms with van der Waals surface area (Å²) in [6.07, 6.45) is 9.52. The Labute approximate surface area is 245 Å². The molecule has 11 nitrogen and oxygen atoms in total. The van der Waals surface area contributed by atoms with Crippen LogP contribution in [0.25, 0.3) is 10.6 Å². The molecule has 1 amide bonds. The smallest absolute Gasteiger partial charge is 0.288 e. The number of anilines is 2. The van der Waals surface area contributed by atoms with Gasteiger partial charge in [0.15, 0.2) is 5.01 Å². The zero-order chi connectivity index (χ0) is 29.2. The molecule has 1 saturated heterocycles. The fourth-order valence-electron chi connectivity index (χ4n) is 4.87. The average molecular weight is 600 g/mol. The summed E-state index contributed by atoms with van der Waals surface area (Å²) in [5.41, 5.74) is 1.06. The maximum absolute atomic E-state index is 14.0. The summed E-state index contributed by atoms with van der Waals surface area (Å²) in [6.45, 7) is 11.3. The lowest BCUT2D eigenvalue weighted by molar-refractivity contribution is 0.0851. The average Bonchev–Trinajstić information content (AvgIpc) is 3.69. The van der Waals surface area contributed by atoms with Gasteiger partial charge >= 0.3 is 0 Å². The van der Waals surface area contributed by atoms with Crippen LogP contribution >= 0.6 is 11.3 Å². The van der Waals surface area contributed by atoms with Crippen molar-refractivity contribution in [1.29, 1.82) is 0 Å². The van der Waals surface area contributed by atoms with Crippen molar-refractivity contribution in [2.75, 3.05) is 35.9 Å². The van der Waals surface area contributed by atoms with Crippen molar-refractivity contribution in [3.63, 3.8) is 0 Å².